The van der Waals surface area contributed by atoms with Gasteiger partial charge in [0.1, 0.15) is 12.1 Å². The first kappa shape index (κ1) is 21.3. The fraction of sp³-hybridized carbons (Fsp3) is 0.500. The molecule has 0 saturated heterocycles. The number of hydrogen-bond donors (Lipinski definition) is 3. The van der Waals surface area contributed by atoms with E-state index in [2.05, 4.69) is 10.6 Å². The summed E-state index contributed by atoms with van der Waals surface area (Å²) in [5, 5.41) is 14.3. The van der Waals surface area contributed by atoms with Crippen LogP contribution in [0.2, 0.25) is 0 Å². The van der Waals surface area contributed by atoms with Crippen LogP contribution in [0.4, 0.5) is 0 Å². The molecular weight excluding hydrogens is 340 g/mol. The van der Waals surface area contributed by atoms with Crippen molar-refractivity contribution in [3.05, 3.63) is 23.8 Å². The number of carbonyl (C=O) groups is 3. The summed E-state index contributed by atoms with van der Waals surface area (Å²) >= 11 is 0. The smallest absolute Gasteiger partial charge is 0.326 e. The molecule has 2 atom stereocenters. The van der Waals surface area contributed by atoms with Crippen molar-refractivity contribution < 1.29 is 29.0 Å². The first-order valence-corrected chi connectivity index (χ1v) is 8.47. The molecule has 1 rings (SSSR count). The van der Waals surface area contributed by atoms with Gasteiger partial charge >= 0.3 is 5.97 Å². The summed E-state index contributed by atoms with van der Waals surface area (Å²) in [6.45, 7) is 7.39. The second-order valence-electron chi connectivity index (χ2n) is 5.67. The number of nitrogens with one attached hydrogen (secondary N) is 2. The standard InChI is InChI=1S/C18H26N2O6/c1-5-25-15-8-7-13(10-16(15)26-6-2)9-14(18(23)24)20-17(22)11(3)19-12(4)21/h7-8,10-11,14H,5-6,9H2,1-4H3,(H,19,21)(H,20,22)(H,23,24)/t11-,14?/m0/s1. The Morgan fingerprint density at radius 1 is 1.08 bits per heavy atom. The van der Waals surface area contributed by atoms with Crippen molar-refractivity contribution in [2.24, 2.45) is 0 Å². The number of carbonyl (C=O) groups excluding carboxylic acids is 2. The molecule has 0 heterocycles. The van der Waals surface area contributed by atoms with E-state index in [-0.39, 0.29) is 12.3 Å². The lowest BCUT2D eigenvalue weighted by molar-refractivity contribution is -0.142. The Morgan fingerprint density at radius 3 is 2.23 bits per heavy atom. The largest absolute Gasteiger partial charge is 0.490 e. The van der Waals surface area contributed by atoms with Crippen molar-refractivity contribution >= 4 is 17.8 Å². The van der Waals surface area contributed by atoms with Crippen LogP contribution in [-0.4, -0.2) is 48.2 Å². The number of rotatable bonds is 10. The van der Waals surface area contributed by atoms with Gasteiger partial charge in [-0.2, -0.15) is 0 Å². The van der Waals surface area contributed by atoms with E-state index in [1.807, 2.05) is 13.8 Å². The normalized spacial score (nSPS) is 12.6. The van der Waals surface area contributed by atoms with E-state index >= 15 is 0 Å². The summed E-state index contributed by atoms with van der Waals surface area (Å²) in [5.74, 6) is -1.00. The lowest BCUT2D eigenvalue weighted by Gasteiger charge is -2.19. The molecule has 3 N–H and O–H groups in total. The van der Waals surface area contributed by atoms with Gasteiger partial charge in [-0.05, 0) is 38.5 Å². The molecule has 2 amide bonds. The number of carboxylic acid groups (broad SMARTS) is 1. The number of benzene rings is 1. The number of ether oxygens (including phenoxy) is 2. The van der Waals surface area contributed by atoms with Crippen LogP contribution in [0.15, 0.2) is 18.2 Å². The van der Waals surface area contributed by atoms with E-state index in [0.29, 0.717) is 30.3 Å². The van der Waals surface area contributed by atoms with Crippen LogP contribution >= 0.6 is 0 Å². The van der Waals surface area contributed by atoms with Gasteiger partial charge in [-0.3, -0.25) is 9.59 Å². The average molecular weight is 366 g/mol. The molecule has 0 radical (unpaired) electrons. The molecule has 1 unspecified atom stereocenters. The molecule has 0 aliphatic rings. The van der Waals surface area contributed by atoms with Gasteiger partial charge in [0, 0.05) is 13.3 Å². The second kappa shape index (κ2) is 10.3. The van der Waals surface area contributed by atoms with E-state index < -0.39 is 24.0 Å². The van der Waals surface area contributed by atoms with Gasteiger partial charge in [-0.1, -0.05) is 6.07 Å². The highest BCUT2D eigenvalue weighted by atomic mass is 16.5. The van der Waals surface area contributed by atoms with Gasteiger partial charge in [-0.15, -0.1) is 0 Å². The monoisotopic (exact) mass is 366 g/mol. The third-order valence-corrected chi connectivity index (χ3v) is 3.48. The van der Waals surface area contributed by atoms with Crippen molar-refractivity contribution in [2.45, 2.75) is 46.2 Å². The van der Waals surface area contributed by atoms with Crippen molar-refractivity contribution in [3.63, 3.8) is 0 Å². The Balaban J connectivity index is 2.90. The third kappa shape index (κ3) is 6.62. The number of hydrogen-bond acceptors (Lipinski definition) is 5. The van der Waals surface area contributed by atoms with Crippen LogP contribution < -0.4 is 20.1 Å². The summed E-state index contributed by atoms with van der Waals surface area (Å²) in [7, 11) is 0. The van der Waals surface area contributed by atoms with Crippen LogP contribution in [-0.2, 0) is 20.8 Å². The minimum absolute atomic E-state index is 0.0698. The fourth-order valence-corrected chi connectivity index (χ4v) is 2.33. The minimum atomic E-state index is -1.17. The van der Waals surface area contributed by atoms with Gasteiger partial charge in [0.15, 0.2) is 11.5 Å². The summed E-state index contributed by atoms with van der Waals surface area (Å²) in [6, 6.07) is 3.19. The molecule has 1 aromatic carbocycles. The SMILES string of the molecule is CCOc1ccc(CC(NC(=O)[C@H](C)NC(C)=O)C(=O)O)cc1OCC. The van der Waals surface area contributed by atoms with E-state index in [4.69, 9.17) is 9.47 Å². The van der Waals surface area contributed by atoms with Crippen molar-refractivity contribution in [2.75, 3.05) is 13.2 Å². The zero-order valence-corrected chi connectivity index (χ0v) is 15.5. The molecule has 0 bridgehead atoms. The molecule has 26 heavy (non-hydrogen) atoms. The summed E-state index contributed by atoms with van der Waals surface area (Å²) < 4.78 is 11.0. The zero-order valence-electron chi connectivity index (χ0n) is 15.5. The maximum Gasteiger partial charge on any atom is 0.326 e. The van der Waals surface area contributed by atoms with Crippen molar-refractivity contribution in [3.8, 4) is 11.5 Å². The summed E-state index contributed by atoms with van der Waals surface area (Å²) in [4.78, 5) is 34.6. The highest BCUT2D eigenvalue weighted by molar-refractivity contribution is 5.89. The topological polar surface area (TPSA) is 114 Å². The third-order valence-electron chi connectivity index (χ3n) is 3.48. The van der Waals surface area contributed by atoms with Crippen molar-refractivity contribution in [1.82, 2.24) is 10.6 Å². The van der Waals surface area contributed by atoms with E-state index in [9.17, 15) is 19.5 Å². The molecule has 144 valence electrons. The molecule has 0 saturated carbocycles. The van der Waals surface area contributed by atoms with Crippen LogP contribution in [0.5, 0.6) is 11.5 Å². The predicted molar refractivity (Wildman–Crippen MR) is 95.3 cm³/mol. The average Bonchev–Trinajstić information content (AvgIpc) is 2.56. The van der Waals surface area contributed by atoms with Gasteiger partial charge in [0.25, 0.3) is 0 Å². The lowest BCUT2D eigenvalue weighted by Crippen LogP contribution is -2.50. The molecule has 0 aliphatic carbocycles. The van der Waals surface area contributed by atoms with Gasteiger partial charge in [0.2, 0.25) is 11.8 Å². The number of carboxylic acids is 1. The highest BCUT2D eigenvalue weighted by Gasteiger charge is 2.24. The summed E-state index contributed by atoms with van der Waals surface area (Å²) in [6.07, 6.45) is 0.0698. The molecule has 0 fully saturated rings. The first-order chi connectivity index (χ1) is 12.3. The first-order valence-electron chi connectivity index (χ1n) is 8.47. The van der Waals surface area contributed by atoms with Crippen LogP contribution in [0, 0.1) is 0 Å². The Kier molecular flexibility index (Phi) is 8.41. The molecule has 8 heteroatoms. The maximum absolute atomic E-state index is 12.1. The Bertz CT molecular complexity index is 647. The van der Waals surface area contributed by atoms with Crippen LogP contribution in [0.3, 0.4) is 0 Å². The second-order valence-corrected chi connectivity index (χ2v) is 5.67. The number of amides is 2. The minimum Gasteiger partial charge on any atom is -0.490 e. The van der Waals surface area contributed by atoms with Gasteiger partial charge in [-0.25, -0.2) is 4.79 Å². The van der Waals surface area contributed by atoms with E-state index in [0.717, 1.165) is 0 Å². The Labute approximate surface area is 152 Å². The number of aliphatic carboxylic acids is 1. The lowest BCUT2D eigenvalue weighted by atomic mass is 10.0. The van der Waals surface area contributed by atoms with Gasteiger partial charge < -0.3 is 25.2 Å². The Morgan fingerprint density at radius 2 is 1.69 bits per heavy atom. The molecule has 8 nitrogen and oxygen atoms in total. The van der Waals surface area contributed by atoms with Gasteiger partial charge in [0.05, 0.1) is 13.2 Å². The molecular formula is C18H26N2O6. The van der Waals surface area contributed by atoms with E-state index in [1.165, 1.54) is 13.8 Å². The molecule has 0 aromatic heterocycles. The molecule has 1 aromatic rings. The quantitative estimate of drug-likeness (QED) is 0.572. The maximum atomic E-state index is 12.1. The van der Waals surface area contributed by atoms with Crippen molar-refractivity contribution in [1.29, 1.82) is 0 Å². The zero-order chi connectivity index (χ0) is 19.7. The fourth-order valence-electron chi connectivity index (χ4n) is 2.33. The van der Waals surface area contributed by atoms with Crippen LogP contribution in [0.25, 0.3) is 0 Å². The Hall–Kier alpha value is -2.77. The highest BCUT2D eigenvalue weighted by Crippen LogP contribution is 2.29. The molecule has 0 aliphatic heterocycles. The van der Waals surface area contributed by atoms with E-state index in [1.54, 1.807) is 18.2 Å². The summed E-state index contributed by atoms with van der Waals surface area (Å²) in [5.41, 5.74) is 0.678. The predicted octanol–water partition coefficient (Wildman–Crippen LogP) is 1.12. The molecule has 0 spiro atoms. The van der Waals surface area contributed by atoms with Crippen LogP contribution in [0.1, 0.15) is 33.3 Å².